The largest absolute Gasteiger partial charge is 0.323 e. The predicted molar refractivity (Wildman–Crippen MR) is 69.1 cm³/mol. The van der Waals surface area contributed by atoms with Crippen LogP contribution in [0.15, 0.2) is 24.3 Å². The number of para-hydroxylation sites is 1. The number of nitrogens with one attached hydrogen (secondary N) is 1. The second-order valence-electron chi connectivity index (χ2n) is 3.60. The van der Waals surface area contributed by atoms with Crippen molar-refractivity contribution in [2.45, 2.75) is 0 Å². The third kappa shape index (κ3) is 3.14. The van der Waals surface area contributed by atoms with Crippen LogP contribution < -0.4 is 5.32 Å². The van der Waals surface area contributed by atoms with Gasteiger partial charge in [0.2, 0.25) is 11.8 Å². The van der Waals surface area contributed by atoms with E-state index in [4.69, 9.17) is 11.6 Å². The summed E-state index contributed by atoms with van der Waals surface area (Å²) in [6.07, 6.45) is 0. The second kappa shape index (κ2) is 5.42. The first kappa shape index (κ1) is 12.3. The minimum absolute atomic E-state index is 0.00399. The Kier molecular flexibility index (Phi) is 3.91. The summed E-state index contributed by atoms with van der Waals surface area (Å²) >= 11 is 7.43. The molecule has 1 aliphatic rings. The van der Waals surface area contributed by atoms with E-state index in [0.29, 0.717) is 22.3 Å². The Labute approximate surface area is 108 Å². The highest BCUT2D eigenvalue weighted by Crippen LogP contribution is 2.20. The maximum Gasteiger partial charge on any atom is 0.244 e. The molecule has 2 rings (SSSR count). The number of carbonyl (C=O) groups excluding carboxylic acids is 2. The van der Waals surface area contributed by atoms with E-state index in [1.165, 1.54) is 16.7 Å². The molecule has 1 aromatic rings. The summed E-state index contributed by atoms with van der Waals surface area (Å²) in [5.74, 6) is 0.812. The predicted octanol–water partition coefficient (Wildman–Crippen LogP) is 1.81. The molecular weight excluding hydrogens is 260 g/mol. The Morgan fingerprint density at radius 2 is 2.24 bits per heavy atom. The van der Waals surface area contributed by atoms with Gasteiger partial charge in [0.15, 0.2) is 0 Å². The van der Waals surface area contributed by atoms with Gasteiger partial charge in [0.1, 0.15) is 6.54 Å². The first-order valence-electron chi connectivity index (χ1n) is 5.07. The van der Waals surface area contributed by atoms with Gasteiger partial charge >= 0.3 is 0 Å². The van der Waals surface area contributed by atoms with E-state index in [1.807, 2.05) is 0 Å². The van der Waals surface area contributed by atoms with Gasteiger partial charge in [0.05, 0.1) is 22.3 Å². The third-order valence-corrected chi connectivity index (χ3v) is 3.58. The van der Waals surface area contributed by atoms with Crippen LogP contribution in [0.3, 0.4) is 0 Å². The van der Waals surface area contributed by atoms with Crippen molar-refractivity contribution in [3.05, 3.63) is 29.3 Å². The van der Waals surface area contributed by atoms with Crippen molar-refractivity contribution in [2.24, 2.45) is 0 Å². The summed E-state index contributed by atoms with van der Waals surface area (Å²) in [7, 11) is 0. The van der Waals surface area contributed by atoms with Crippen LogP contribution in [0.2, 0.25) is 5.02 Å². The summed E-state index contributed by atoms with van der Waals surface area (Å²) < 4.78 is 0. The molecule has 0 aromatic heterocycles. The average molecular weight is 271 g/mol. The highest BCUT2D eigenvalue weighted by molar-refractivity contribution is 8.00. The van der Waals surface area contributed by atoms with Crippen molar-refractivity contribution >= 4 is 40.9 Å². The first-order valence-corrected chi connectivity index (χ1v) is 6.60. The van der Waals surface area contributed by atoms with Gasteiger partial charge in [-0.25, -0.2) is 0 Å². The second-order valence-corrected chi connectivity index (χ2v) is 4.96. The molecule has 1 fully saturated rings. The fraction of sp³-hybridized carbons (Fsp3) is 0.273. The Balaban J connectivity index is 1.93. The van der Waals surface area contributed by atoms with Gasteiger partial charge in [-0.05, 0) is 12.1 Å². The minimum Gasteiger partial charge on any atom is -0.323 e. The Hall–Kier alpha value is -1.20. The zero-order chi connectivity index (χ0) is 12.3. The van der Waals surface area contributed by atoms with E-state index in [-0.39, 0.29) is 18.4 Å². The summed E-state index contributed by atoms with van der Waals surface area (Å²) in [6.45, 7) is 0.0804. The molecule has 90 valence electrons. The van der Waals surface area contributed by atoms with Crippen molar-refractivity contribution in [1.82, 2.24) is 4.90 Å². The quantitative estimate of drug-likeness (QED) is 0.911. The molecular formula is C11H11ClN2O2S. The van der Waals surface area contributed by atoms with Crippen LogP contribution in [-0.4, -0.2) is 34.9 Å². The number of carbonyl (C=O) groups is 2. The molecule has 0 saturated carbocycles. The van der Waals surface area contributed by atoms with E-state index >= 15 is 0 Å². The number of thioether (sulfide) groups is 1. The molecule has 1 aromatic carbocycles. The lowest BCUT2D eigenvalue weighted by Gasteiger charge is -2.14. The van der Waals surface area contributed by atoms with Gasteiger partial charge in [-0.2, -0.15) is 0 Å². The zero-order valence-electron chi connectivity index (χ0n) is 8.98. The molecule has 1 saturated heterocycles. The fourth-order valence-corrected chi connectivity index (χ4v) is 2.55. The molecule has 2 amide bonds. The zero-order valence-corrected chi connectivity index (χ0v) is 10.6. The molecule has 1 aliphatic heterocycles. The lowest BCUT2D eigenvalue weighted by Crippen LogP contribution is -2.34. The number of amides is 2. The Bertz CT molecular complexity index is 453. The van der Waals surface area contributed by atoms with Gasteiger partial charge in [-0.1, -0.05) is 23.7 Å². The Morgan fingerprint density at radius 1 is 1.47 bits per heavy atom. The number of hydrogen-bond donors (Lipinski definition) is 1. The van der Waals surface area contributed by atoms with Gasteiger partial charge in [-0.15, -0.1) is 11.8 Å². The molecule has 0 aliphatic carbocycles. The molecule has 0 radical (unpaired) electrons. The fourth-order valence-electron chi connectivity index (χ4n) is 1.47. The van der Waals surface area contributed by atoms with Crippen LogP contribution in [0, 0.1) is 0 Å². The number of rotatable bonds is 3. The summed E-state index contributed by atoms with van der Waals surface area (Å²) in [5, 5.41) is 3.17. The monoisotopic (exact) mass is 270 g/mol. The molecule has 0 spiro atoms. The topological polar surface area (TPSA) is 49.4 Å². The maximum atomic E-state index is 11.7. The molecule has 4 nitrogen and oxygen atoms in total. The normalized spacial score (nSPS) is 15.1. The molecule has 0 atom stereocenters. The van der Waals surface area contributed by atoms with Crippen molar-refractivity contribution in [1.29, 1.82) is 0 Å². The van der Waals surface area contributed by atoms with Crippen LogP contribution in [0.5, 0.6) is 0 Å². The number of halogens is 1. The van der Waals surface area contributed by atoms with E-state index in [2.05, 4.69) is 5.32 Å². The number of anilines is 1. The Morgan fingerprint density at radius 3 is 2.88 bits per heavy atom. The van der Waals surface area contributed by atoms with Crippen molar-refractivity contribution in [3.8, 4) is 0 Å². The average Bonchev–Trinajstić information content (AvgIpc) is 2.68. The number of hydrogen-bond acceptors (Lipinski definition) is 3. The third-order valence-electron chi connectivity index (χ3n) is 2.31. The van der Waals surface area contributed by atoms with E-state index < -0.39 is 0 Å². The van der Waals surface area contributed by atoms with Gasteiger partial charge in [0.25, 0.3) is 0 Å². The molecule has 1 N–H and O–H groups in total. The molecule has 6 heteroatoms. The van der Waals surface area contributed by atoms with Crippen molar-refractivity contribution in [3.63, 3.8) is 0 Å². The summed E-state index contributed by atoms with van der Waals surface area (Å²) in [5.41, 5.74) is 0.568. The first-order chi connectivity index (χ1) is 8.16. The lowest BCUT2D eigenvalue weighted by molar-refractivity contribution is -0.130. The highest BCUT2D eigenvalue weighted by atomic mass is 35.5. The molecule has 1 heterocycles. The SMILES string of the molecule is O=C(CN1CSCC1=O)Nc1ccccc1Cl. The summed E-state index contributed by atoms with van der Waals surface area (Å²) in [6, 6.07) is 7.01. The van der Waals surface area contributed by atoms with Crippen LogP contribution in [0.25, 0.3) is 0 Å². The number of benzene rings is 1. The van der Waals surface area contributed by atoms with E-state index in [0.717, 1.165) is 0 Å². The summed E-state index contributed by atoms with van der Waals surface area (Å²) in [4.78, 5) is 24.5. The maximum absolute atomic E-state index is 11.7. The standard InChI is InChI=1S/C11H11ClN2O2S/c12-8-3-1-2-4-9(8)13-10(15)5-14-7-17-6-11(14)16/h1-4H,5-7H2,(H,13,15). The molecule has 0 bridgehead atoms. The lowest BCUT2D eigenvalue weighted by atomic mass is 10.3. The van der Waals surface area contributed by atoms with Crippen molar-refractivity contribution < 1.29 is 9.59 Å². The van der Waals surface area contributed by atoms with Crippen LogP contribution in [0.1, 0.15) is 0 Å². The van der Waals surface area contributed by atoms with Crippen LogP contribution >= 0.6 is 23.4 Å². The molecule has 17 heavy (non-hydrogen) atoms. The highest BCUT2D eigenvalue weighted by Gasteiger charge is 2.22. The molecule has 0 unspecified atom stereocenters. The van der Waals surface area contributed by atoms with Crippen LogP contribution in [-0.2, 0) is 9.59 Å². The van der Waals surface area contributed by atoms with Gasteiger partial charge in [0, 0.05) is 0 Å². The van der Waals surface area contributed by atoms with Gasteiger partial charge in [-0.3, -0.25) is 9.59 Å². The van der Waals surface area contributed by atoms with Crippen molar-refractivity contribution in [2.75, 3.05) is 23.5 Å². The number of nitrogens with zero attached hydrogens (tertiary/aromatic N) is 1. The smallest absolute Gasteiger partial charge is 0.244 e. The van der Waals surface area contributed by atoms with E-state index in [9.17, 15) is 9.59 Å². The minimum atomic E-state index is -0.228. The van der Waals surface area contributed by atoms with Crippen LogP contribution in [0.4, 0.5) is 5.69 Å². The van der Waals surface area contributed by atoms with Gasteiger partial charge < -0.3 is 10.2 Å². The van der Waals surface area contributed by atoms with E-state index in [1.54, 1.807) is 24.3 Å².